The lowest BCUT2D eigenvalue weighted by molar-refractivity contribution is 0.0699. The lowest BCUT2D eigenvalue weighted by Crippen LogP contribution is -2.01. The van der Waals surface area contributed by atoms with E-state index in [0.717, 1.165) is 28.0 Å². The van der Waals surface area contributed by atoms with Gasteiger partial charge in [0, 0.05) is 36.4 Å². The van der Waals surface area contributed by atoms with Crippen LogP contribution in [-0.2, 0) is 0 Å². The molecule has 0 amide bonds. The van der Waals surface area contributed by atoms with Gasteiger partial charge in [0.05, 0.1) is 11.7 Å². The number of aromatic nitrogens is 4. The van der Waals surface area contributed by atoms with Crippen LogP contribution in [0, 0.1) is 0 Å². The zero-order chi connectivity index (χ0) is 18.4. The van der Waals surface area contributed by atoms with E-state index in [1.54, 1.807) is 17.8 Å². The van der Waals surface area contributed by atoms with Crippen LogP contribution in [0.1, 0.15) is 30.2 Å². The Morgan fingerprint density at radius 3 is 2.81 bits per heavy atom. The summed E-state index contributed by atoms with van der Waals surface area (Å²) in [5.74, 6) is -0.273. The Hall–Kier alpha value is -3.35. The van der Waals surface area contributed by atoms with Gasteiger partial charge in [0.15, 0.2) is 0 Å². The lowest BCUT2D eigenvalue weighted by atomic mass is 10.1. The highest BCUT2D eigenvalue weighted by molar-refractivity contribution is 5.99. The van der Waals surface area contributed by atoms with Crippen molar-refractivity contribution in [3.05, 3.63) is 48.4 Å². The molecule has 0 unspecified atom stereocenters. The van der Waals surface area contributed by atoms with Crippen molar-refractivity contribution in [3.63, 3.8) is 0 Å². The average Bonchev–Trinajstić information content (AvgIpc) is 3.22. The molecule has 0 radical (unpaired) electrons. The van der Waals surface area contributed by atoms with Crippen LogP contribution in [0.4, 0.5) is 5.82 Å². The highest BCUT2D eigenvalue weighted by Crippen LogP contribution is 2.34. The zero-order valence-electron chi connectivity index (χ0n) is 14.8. The molecule has 0 saturated carbocycles. The molecular formula is C19H19N5O2. The SMILES string of the molecule is CNc1cc(-c2cn(C(C)C)c3ncccc23)cc2c(C(=O)O)cnn12. The highest BCUT2D eigenvalue weighted by Gasteiger charge is 2.18. The summed E-state index contributed by atoms with van der Waals surface area (Å²) in [6.07, 6.45) is 5.23. The van der Waals surface area contributed by atoms with Crippen molar-refractivity contribution in [2.75, 3.05) is 12.4 Å². The number of hydrogen-bond acceptors (Lipinski definition) is 4. The van der Waals surface area contributed by atoms with Gasteiger partial charge in [-0.3, -0.25) is 0 Å². The number of carboxylic acid groups (broad SMARTS) is 1. The molecule has 7 heteroatoms. The summed E-state index contributed by atoms with van der Waals surface area (Å²) in [6.45, 7) is 4.22. The van der Waals surface area contributed by atoms with Crippen LogP contribution in [0.5, 0.6) is 0 Å². The first kappa shape index (κ1) is 16.1. The summed E-state index contributed by atoms with van der Waals surface area (Å²) in [7, 11) is 1.79. The molecular weight excluding hydrogens is 330 g/mol. The van der Waals surface area contributed by atoms with Crippen molar-refractivity contribution >= 4 is 28.3 Å². The molecule has 0 bridgehead atoms. The predicted octanol–water partition coefficient (Wildman–Crippen LogP) is 3.67. The summed E-state index contributed by atoms with van der Waals surface area (Å²) < 4.78 is 3.73. The van der Waals surface area contributed by atoms with Crippen LogP contribution in [0.3, 0.4) is 0 Å². The van der Waals surface area contributed by atoms with Gasteiger partial charge in [0.25, 0.3) is 0 Å². The monoisotopic (exact) mass is 349 g/mol. The van der Waals surface area contributed by atoms with Crippen molar-refractivity contribution in [2.24, 2.45) is 0 Å². The third-order valence-corrected chi connectivity index (χ3v) is 4.56. The third-order valence-electron chi connectivity index (χ3n) is 4.56. The Morgan fingerprint density at radius 2 is 2.12 bits per heavy atom. The van der Waals surface area contributed by atoms with E-state index in [0.29, 0.717) is 5.52 Å². The van der Waals surface area contributed by atoms with Gasteiger partial charge in [0.1, 0.15) is 17.0 Å². The van der Waals surface area contributed by atoms with E-state index in [1.165, 1.54) is 6.20 Å². The van der Waals surface area contributed by atoms with Gasteiger partial charge in [-0.1, -0.05) is 0 Å². The average molecular weight is 349 g/mol. The first-order valence-electron chi connectivity index (χ1n) is 8.40. The molecule has 26 heavy (non-hydrogen) atoms. The van der Waals surface area contributed by atoms with Crippen molar-refractivity contribution < 1.29 is 9.90 Å². The quantitative estimate of drug-likeness (QED) is 0.587. The zero-order valence-corrected chi connectivity index (χ0v) is 14.8. The van der Waals surface area contributed by atoms with E-state index >= 15 is 0 Å². The number of aromatic carboxylic acids is 1. The second-order valence-corrected chi connectivity index (χ2v) is 6.46. The van der Waals surface area contributed by atoms with Crippen LogP contribution in [0.25, 0.3) is 27.7 Å². The fourth-order valence-corrected chi connectivity index (χ4v) is 3.29. The summed E-state index contributed by atoms with van der Waals surface area (Å²) >= 11 is 0. The van der Waals surface area contributed by atoms with Crippen LogP contribution < -0.4 is 5.32 Å². The minimum atomic E-state index is -0.995. The Bertz CT molecular complexity index is 1140. The largest absolute Gasteiger partial charge is 0.478 e. The molecule has 0 atom stereocenters. The van der Waals surface area contributed by atoms with Crippen LogP contribution in [-0.4, -0.2) is 37.3 Å². The van der Waals surface area contributed by atoms with Gasteiger partial charge in [-0.2, -0.15) is 5.10 Å². The predicted molar refractivity (Wildman–Crippen MR) is 101 cm³/mol. The maximum Gasteiger partial charge on any atom is 0.339 e. The Labute approximate surface area is 149 Å². The van der Waals surface area contributed by atoms with Gasteiger partial charge in [-0.05, 0) is 43.7 Å². The molecule has 0 aliphatic carbocycles. The molecule has 0 aliphatic rings. The van der Waals surface area contributed by atoms with E-state index in [-0.39, 0.29) is 11.6 Å². The fourth-order valence-electron chi connectivity index (χ4n) is 3.29. The number of nitrogens with one attached hydrogen (secondary N) is 1. The number of carboxylic acids is 1. The first-order valence-corrected chi connectivity index (χ1v) is 8.40. The molecule has 0 aromatic carbocycles. The van der Waals surface area contributed by atoms with Crippen LogP contribution in [0.2, 0.25) is 0 Å². The lowest BCUT2D eigenvalue weighted by Gasteiger charge is -2.09. The summed E-state index contributed by atoms with van der Waals surface area (Å²) in [6, 6.07) is 8.05. The highest BCUT2D eigenvalue weighted by atomic mass is 16.4. The molecule has 4 aromatic heterocycles. The van der Waals surface area contributed by atoms with Crippen molar-refractivity contribution in [3.8, 4) is 11.1 Å². The maximum atomic E-state index is 11.5. The van der Waals surface area contributed by atoms with E-state index in [9.17, 15) is 9.90 Å². The first-order chi connectivity index (χ1) is 12.5. The second kappa shape index (κ2) is 5.87. The van der Waals surface area contributed by atoms with E-state index in [2.05, 4.69) is 40.0 Å². The molecule has 7 nitrogen and oxygen atoms in total. The third kappa shape index (κ3) is 2.32. The molecule has 0 fully saturated rings. The minimum absolute atomic E-state index is 0.175. The van der Waals surface area contributed by atoms with Crippen molar-refractivity contribution in [1.82, 2.24) is 19.2 Å². The van der Waals surface area contributed by atoms with Gasteiger partial charge in [-0.15, -0.1) is 0 Å². The number of fused-ring (bicyclic) bond motifs is 2. The molecule has 4 heterocycles. The molecule has 0 spiro atoms. The van der Waals surface area contributed by atoms with Crippen molar-refractivity contribution in [1.29, 1.82) is 0 Å². The Kier molecular flexibility index (Phi) is 3.64. The smallest absolute Gasteiger partial charge is 0.339 e. The van der Waals surface area contributed by atoms with E-state index in [4.69, 9.17) is 0 Å². The molecule has 0 aliphatic heterocycles. The molecule has 0 saturated heterocycles. The van der Waals surface area contributed by atoms with Gasteiger partial charge in [0.2, 0.25) is 0 Å². The van der Waals surface area contributed by atoms with Crippen LogP contribution >= 0.6 is 0 Å². The summed E-state index contributed by atoms with van der Waals surface area (Å²) in [5.41, 5.74) is 3.57. The number of rotatable bonds is 4. The Balaban J connectivity index is 2.05. The normalized spacial score (nSPS) is 11.5. The molecule has 4 aromatic rings. The van der Waals surface area contributed by atoms with Crippen LogP contribution in [0.15, 0.2) is 42.9 Å². The topological polar surface area (TPSA) is 84.5 Å². The molecule has 2 N–H and O–H groups in total. The summed E-state index contributed by atoms with van der Waals surface area (Å²) in [4.78, 5) is 16.1. The van der Waals surface area contributed by atoms with E-state index < -0.39 is 5.97 Å². The number of hydrogen-bond donors (Lipinski definition) is 2. The fraction of sp³-hybridized carbons (Fsp3) is 0.211. The number of anilines is 1. The second-order valence-electron chi connectivity index (χ2n) is 6.46. The van der Waals surface area contributed by atoms with Gasteiger partial charge < -0.3 is 15.0 Å². The van der Waals surface area contributed by atoms with Gasteiger partial charge in [-0.25, -0.2) is 14.3 Å². The molecule has 4 rings (SSSR count). The van der Waals surface area contributed by atoms with Crippen molar-refractivity contribution in [2.45, 2.75) is 19.9 Å². The number of carbonyl (C=O) groups is 1. The van der Waals surface area contributed by atoms with E-state index in [1.807, 2.05) is 24.3 Å². The number of pyridine rings is 2. The molecule has 132 valence electrons. The number of nitrogens with zero attached hydrogens (tertiary/aromatic N) is 4. The maximum absolute atomic E-state index is 11.5. The minimum Gasteiger partial charge on any atom is -0.478 e. The van der Waals surface area contributed by atoms with Gasteiger partial charge >= 0.3 is 5.97 Å². The Morgan fingerprint density at radius 1 is 1.31 bits per heavy atom. The summed E-state index contributed by atoms with van der Waals surface area (Å²) in [5, 5.41) is 17.8. The standard InChI is InChI=1S/C19H19N5O2/c1-11(2)23-10-15(13-5-4-6-21-18(13)23)12-7-16-14(19(25)26)9-22-24(16)17(8-12)20-3/h4-11,20H,1-3H3,(H,25,26).